The summed E-state index contributed by atoms with van der Waals surface area (Å²) in [4.78, 5) is 28.1. The molecule has 0 aliphatic carbocycles. The van der Waals surface area contributed by atoms with Crippen LogP contribution in [-0.4, -0.2) is 49.0 Å². The number of carbonyl (C=O) groups is 2. The lowest BCUT2D eigenvalue weighted by molar-refractivity contribution is 0.0773. The van der Waals surface area contributed by atoms with Gasteiger partial charge in [0.2, 0.25) is 0 Å². The van der Waals surface area contributed by atoms with Crippen molar-refractivity contribution in [2.75, 3.05) is 32.6 Å². The van der Waals surface area contributed by atoms with E-state index in [1.165, 1.54) is 0 Å². The average molecular weight is 369 g/mol. The minimum Gasteiger partial charge on any atom is -0.497 e. The summed E-state index contributed by atoms with van der Waals surface area (Å²) >= 11 is 0. The average Bonchev–Trinajstić information content (AvgIpc) is 2.69. The summed E-state index contributed by atoms with van der Waals surface area (Å²) in [5.41, 5.74) is 2.24. The van der Waals surface area contributed by atoms with Gasteiger partial charge >= 0.3 is 6.03 Å². The molecule has 3 amide bonds. The molecule has 1 N–H and O–H groups in total. The van der Waals surface area contributed by atoms with Crippen molar-refractivity contribution in [3.8, 4) is 5.75 Å². The Morgan fingerprint density at radius 1 is 1.04 bits per heavy atom. The number of nitrogens with zero attached hydrogens (tertiary/aromatic N) is 2. The van der Waals surface area contributed by atoms with E-state index >= 15 is 0 Å². The summed E-state index contributed by atoms with van der Waals surface area (Å²) in [6, 6.07) is 14.3. The van der Waals surface area contributed by atoms with E-state index in [9.17, 15) is 9.59 Å². The predicted octanol–water partition coefficient (Wildman–Crippen LogP) is 3.84. The molecule has 0 atom stereocenters. The summed E-state index contributed by atoms with van der Waals surface area (Å²) in [5, 5.41) is 2.84. The Balaban J connectivity index is 1.97. The molecule has 0 unspecified atom stereocenters. The molecule has 0 saturated carbocycles. The molecule has 6 heteroatoms. The molecule has 0 fully saturated rings. The topological polar surface area (TPSA) is 61.9 Å². The van der Waals surface area contributed by atoms with E-state index in [2.05, 4.69) is 5.32 Å². The van der Waals surface area contributed by atoms with E-state index in [1.807, 2.05) is 38.1 Å². The van der Waals surface area contributed by atoms with Crippen molar-refractivity contribution in [2.24, 2.45) is 0 Å². The molecule has 0 bridgehead atoms. The maximum atomic E-state index is 12.4. The fourth-order valence-electron chi connectivity index (χ4n) is 2.72. The van der Waals surface area contributed by atoms with Gasteiger partial charge in [-0.25, -0.2) is 4.79 Å². The molecule has 2 aromatic rings. The van der Waals surface area contributed by atoms with Gasteiger partial charge in [-0.1, -0.05) is 12.1 Å². The third-order valence-electron chi connectivity index (χ3n) is 4.33. The quantitative estimate of drug-likeness (QED) is 0.807. The van der Waals surface area contributed by atoms with Crippen LogP contribution in [0.3, 0.4) is 0 Å². The molecule has 0 saturated heterocycles. The highest BCUT2D eigenvalue weighted by atomic mass is 16.5. The van der Waals surface area contributed by atoms with E-state index in [4.69, 9.17) is 4.74 Å². The number of anilines is 1. The molecule has 0 aromatic heterocycles. The number of methoxy groups -OCH3 is 1. The van der Waals surface area contributed by atoms with Crippen LogP contribution in [-0.2, 0) is 6.54 Å². The van der Waals surface area contributed by atoms with Crippen molar-refractivity contribution in [3.05, 3.63) is 59.7 Å². The number of rotatable bonds is 7. The molecule has 0 radical (unpaired) electrons. The van der Waals surface area contributed by atoms with Crippen LogP contribution < -0.4 is 10.1 Å². The van der Waals surface area contributed by atoms with Gasteiger partial charge in [0.15, 0.2) is 0 Å². The predicted molar refractivity (Wildman–Crippen MR) is 107 cm³/mol. The molecule has 0 aliphatic heterocycles. The number of hydrogen-bond acceptors (Lipinski definition) is 3. The first-order valence-corrected chi connectivity index (χ1v) is 9.02. The smallest absolute Gasteiger partial charge is 0.321 e. The van der Waals surface area contributed by atoms with Crippen LogP contribution in [0.5, 0.6) is 5.75 Å². The molecule has 0 heterocycles. The van der Waals surface area contributed by atoms with Crippen molar-refractivity contribution in [1.82, 2.24) is 9.80 Å². The largest absolute Gasteiger partial charge is 0.497 e. The summed E-state index contributed by atoms with van der Waals surface area (Å²) in [6.45, 7) is 5.70. The molecule has 0 aliphatic rings. The molecule has 0 spiro atoms. The van der Waals surface area contributed by atoms with Gasteiger partial charge in [-0.3, -0.25) is 4.79 Å². The second-order valence-electron chi connectivity index (χ2n) is 6.19. The van der Waals surface area contributed by atoms with Crippen molar-refractivity contribution < 1.29 is 14.3 Å². The molecule has 2 rings (SSSR count). The normalized spacial score (nSPS) is 10.2. The van der Waals surface area contributed by atoms with Crippen LogP contribution in [0.1, 0.15) is 29.8 Å². The van der Waals surface area contributed by atoms with Crippen LogP contribution in [0.4, 0.5) is 10.5 Å². The number of ether oxygens (including phenoxy) is 1. The maximum absolute atomic E-state index is 12.4. The molecule has 144 valence electrons. The highest BCUT2D eigenvalue weighted by Gasteiger charge is 2.13. The second kappa shape index (κ2) is 9.62. The summed E-state index contributed by atoms with van der Waals surface area (Å²) < 4.78 is 5.21. The fourth-order valence-corrected chi connectivity index (χ4v) is 2.72. The lowest BCUT2D eigenvalue weighted by Gasteiger charge is -2.20. The first-order valence-electron chi connectivity index (χ1n) is 9.02. The summed E-state index contributed by atoms with van der Waals surface area (Å²) in [6.07, 6.45) is 0. The highest BCUT2D eigenvalue weighted by molar-refractivity contribution is 5.95. The van der Waals surface area contributed by atoms with E-state index in [0.717, 1.165) is 11.3 Å². The van der Waals surface area contributed by atoms with Gasteiger partial charge in [0, 0.05) is 37.9 Å². The lowest BCUT2D eigenvalue weighted by atomic mass is 10.1. The summed E-state index contributed by atoms with van der Waals surface area (Å²) in [5.74, 6) is 0.753. The van der Waals surface area contributed by atoms with Gasteiger partial charge in [0.05, 0.1) is 7.11 Å². The van der Waals surface area contributed by atoms with Crippen molar-refractivity contribution in [2.45, 2.75) is 20.4 Å². The van der Waals surface area contributed by atoms with Gasteiger partial charge < -0.3 is 19.9 Å². The number of hydrogen-bond donors (Lipinski definition) is 1. The van der Waals surface area contributed by atoms with Gasteiger partial charge in [-0.2, -0.15) is 0 Å². The van der Waals surface area contributed by atoms with E-state index < -0.39 is 0 Å². The Bertz CT molecular complexity index is 770. The van der Waals surface area contributed by atoms with Crippen molar-refractivity contribution in [1.29, 1.82) is 0 Å². The molecular weight excluding hydrogens is 342 g/mol. The van der Waals surface area contributed by atoms with Gasteiger partial charge in [0.25, 0.3) is 5.91 Å². The lowest BCUT2D eigenvalue weighted by Crippen LogP contribution is -2.31. The molecule has 2 aromatic carbocycles. The van der Waals surface area contributed by atoms with Crippen molar-refractivity contribution in [3.63, 3.8) is 0 Å². The van der Waals surface area contributed by atoms with Crippen LogP contribution >= 0.6 is 0 Å². The Labute approximate surface area is 160 Å². The monoisotopic (exact) mass is 369 g/mol. The Morgan fingerprint density at radius 3 is 2.30 bits per heavy atom. The van der Waals surface area contributed by atoms with E-state index in [-0.39, 0.29) is 11.9 Å². The zero-order valence-corrected chi connectivity index (χ0v) is 16.4. The number of carbonyl (C=O) groups excluding carboxylic acids is 2. The third kappa shape index (κ3) is 5.48. The summed E-state index contributed by atoms with van der Waals surface area (Å²) in [7, 11) is 3.34. The standard InChI is InChI=1S/C21H27N3O3/c1-5-24(6-2)20(25)17-10-12-18(13-11-17)22-21(26)23(3)15-16-8-7-9-19(14-16)27-4/h7-14H,5-6,15H2,1-4H3,(H,22,26). The number of urea groups is 1. The van der Waals surface area contributed by atoms with E-state index in [0.29, 0.717) is 30.9 Å². The zero-order valence-electron chi connectivity index (χ0n) is 16.4. The number of benzene rings is 2. The third-order valence-corrected chi connectivity index (χ3v) is 4.33. The Kier molecular flexibility index (Phi) is 7.23. The first-order chi connectivity index (χ1) is 13.0. The first kappa shape index (κ1) is 20.3. The van der Waals surface area contributed by atoms with Crippen molar-refractivity contribution >= 4 is 17.6 Å². The minimum atomic E-state index is -0.222. The van der Waals surface area contributed by atoms with Crippen LogP contribution in [0.25, 0.3) is 0 Å². The Hall–Kier alpha value is -3.02. The number of amides is 3. The zero-order chi connectivity index (χ0) is 19.8. The van der Waals surface area contributed by atoms with Crippen LogP contribution in [0.15, 0.2) is 48.5 Å². The van der Waals surface area contributed by atoms with Gasteiger partial charge in [-0.05, 0) is 55.8 Å². The van der Waals surface area contributed by atoms with Gasteiger partial charge in [0.1, 0.15) is 5.75 Å². The molecule has 27 heavy (non-hydrogen) atoms. The maximum Gasteiger partial charge on any atom is 0.321 e. The fraction of sp³-hybridized carbons (Fsp3) is 0.333. The van der Waals surface area contributed by atoms with E-state index in [1.54, 1.807) is 48.2 Å². The van der Waals surface area contributed by atoms with Crippen LogP contribution in [0.2, 0.25) is 0 Å². The van der Waals surface area contributed by atoms with Crippen LogP contribution in [0, 0.1) is 0 Å². The molecule has 6 nitrogen and oxygen atoms in total. The van der Waals surface area contributed by atoms with Gasteiger partial charge in [-0.15, -0.1) is 0 Å². The Morgan fingerprint density at radius 2 is 1.70 bits per heavy atom. The molecular formula is C21H27N3O3. The SMILES string of the molecule is CCN(CC)C(=O)c1ccc(NC(=O)N(C)Cc2cccc(OC)c2)cc1. The second-order valence-corrected chi connectivity index (χ2v) is 6.19. The number of nitrogens with one attached hydrogen (secondary N) is 1. The highest BCUT2D eigenvalue weighted by Crippen LogP contribution is 2.15. The minimum absolute atomic E-state index is 0.00646.